The molecule has 0 aromatic rings. The van der Waals surface area contributed by atoms with Gasteiger partial charge in [-0.2, -0.15) is 0 Å². The average Bonchev–Trinajstić information content (AvgIpc) is 2.73. The minimum atomic E-state index is 0.372. The highest BCUT2D eigenvalue weighted by Crippen LogP contribution is 2.33. The molecule has 0 aromatic carbocycles. The zero-order valence-electron chi connectivity index (χ0n) is 14.3. The van der Waals surface area contributed by atoms with E-state index in [1.54, 1.807) is 0 Å². The fourth-order valence-electron chi connectivity index (χ4n) is 3.80. The van der Waals surface area contributed by atoms with E-state index in [-0.39, 0.29) is 0 Å². The van der Waals surface area contributed by atoms with Crippen LogP contribution in [0.1, 0.15) is 46.0 Å². The maximum atomic E-state index is 12.7. The third-order valence-corrected chi connectivity index (χ3v) is 4.79. The number of carbonyl (C=O) groups excluding carboxylic acids is 1. The first-order chi connectivity index (χ1) is 9.94. The zero-order chi connectivity index (χ0) is 15.4. The first-order valence-electron chi connectivity index (χ1n) is 8.62. The van der Waals surface area contributed by atoms with E-state index in [0.29, 0.717) is 29.8 Å². The Hall–Kier alpha value is -0.610. The van der Waals surface area contributed by atoms with Gasteiger partial charge in [0.1, 0.15) is 0 Å². The number of piperidine rings is 1. The van der Waals surface area contributed by atoms with Gasteiger partial charge in [-0.25, -0.2) is 0 Å². The quantitative estimate of drug-likeness (QED) is 0.780. The van der Waals surface area contributed by atoms with Gasteiger partial charge in [-0.05, 0) is 51.6 Å². The van der Waals surface area contributed by atoms with E-state index in [2.05, 4.69) is 43.1 Å². The molecule has 4 nitrogen and oxygen atoms in total. The maximum Gasteiger partial charge on any atom is 0.222 e. The van der Waals surface area contributed by atoms with Crippen molar-refractivity contribution in [3.05, 3.63) is 0 Å². The zero-order valence-corrected chi connectivity index (χ0v) is 14.3. The number of nitrogens with zero attached hydrogens (tertiary/aromatic N) is 2. The van der Waals surface area contributed by atoms with Gasteiger partial charge >= 0.3 is 0 Å². The fourth-order valence-corrected chi connectivity index (χ4v) is 3.80. The van der Waals surface area contributed by atoms with Crippen molar-refractivity contribution in [2.24, 2.45) is 11.8 Å². The summed E-state index contributed by atoms with van der Waals surface area (Å²) in [4.78, 5) is 16.9. The molecule has 1 amide bonds. The number of rotatable bonds is 7. The van der Waals surface area contributed by atoms with Crippen LogP contribution in [-0.4, -0.2) is 61.5 Å². The molecule has 122 valence electrons. The van der Waals surface area contributed by atoms with Crippen molar-refractivity contribution in [3.63, 3.8) is 0 Å². The summed E-state index contributed by atoms with van der Waals surface area (Å²) in [5, 5.41) is 3.66. The van der Waals surface area contributed by atoms with Crippen LogP contribution in [-0.2, 0) is 4.79 Å². The van der Waals surface area contributed by atoms with Crippen LogP contribution in [0.3, 0.4) is 0 Å². The van der Waals surface area contributed by atoms with Gasteiger partial charge in [-0.1, -0.05) is 13.8 Å². The molecule has 2 unspecified atom stereocenters. The van der Waals surface area contributed by atoms with Crippen molar-refractivity contribution in [2.75, 3.05) is 33.7 Å². The van der Waals surface area contributed by atoms with Crippen LogP contribution in [0, 0.1) is 11.8 Å². The maximum absolute atomic E-state index is 12.7. The summed E-state index contributed by atoms with van der Waals surface area (Å²) >= 11 is 0. The highest BCUT2D eigenvalue weighted by Gasteiger charge is 2.34. The van der Waals surface area contributed by atoms with E-state index in [1.807, 2.05) is 0 Å². The van der Waals surface area contributed by atoms with Crippen molar-refractivity contribution in [1.29, 1.82) is 0 Å². The second-order valence-electron chi connectivity index (χ2n) is 7.72. The molecule has 21 heavy (non-hydrogen) atoms. The lowest BCUT2D eigenvalue weighted by molar-refractivity contribution is -0.133. The van der Waals surface area contributed by atoms with E-state index in [0.717, 1.165) is 26.1 Å². The van der Waals surface area contributed by atoms with E-state index in [9.17, 15) is 4.79 Å². The Morgan fingerprint density at radius 3 is 2.29 bits per heavy atom. The predicted molar refractivity (Wildman–Crippen MR) is 87.3 cm³/mol. The van der Waals surface area contributed by atoms with Gasteiger partial charge in [0, 0.05) is 38.1 Å². The Kier molecular flexibility index (Phi) is 6.06. The molecule has 2 aliphatic heterocycles. The van der Waals surface area contributed by atoms with Crippen LogP contribution in [0.2, 0.25) is 0 Å². The summed E-state index contributed by atoms with van der Waals surface area (Å²) < 4.78 is 0. The molecule has 0 aliphatic carbocycles. The number of amides is 1. The van der Waals surface area contributed by atoms with Crippen molar-refractivity contribution >= 4 is 5.91 Å². The first kappa shape index (κ1) is 16.8. The average molecular weight is 295 g/mol. The standard InChI is InChI=1S/C17H33N3O/c1-13(2)12-20(8-7-19(3)4)17(21)11-14-9-15-5-6-16(10-14)18-15/h13-16,18H,5-12H2,1-4H3. The summed E-state index contributed by atoms with van der Waals surface area (Å²) in [7, 11) is 4.14. The summed E-state index contributed by atoms with van der Waals surface area (Å²) in [6.07, 6.45) is 5.78. The summed E-state index contributed by atoms with van der Waals surface area (Å²) in [5.41, 5.74) is 0. The number of fused-ring (bicyclic) bond motifs is 2. The van der Waals surface area contributed by atoms with Crippen molar-refractivity contribution in [3.8, 4) is 0 Å². The minimum absolute atomic E-state index is 0.372. The van der Waals surface area contributed by atoms with Crippen LogP contribution in [0.15, 0.2) is 0 Å². The number of nitrogens with one attached hydrogen (secondary N) is 1. The first-order valence-corrected chi connectivity index (χ1v) is 8.62. The SMILES string of the molecule is CC(C)CN(CCN(C)C)C(=O)CC1CC2CCC(C1)N2. The topological polar surface area (TPSA) is 35.6 Å². The van der Waals surface area contributed by atoms with Gasteiger partial charge < -0.3 is 15.1 Å². The molecule has 0 aromatic heterocycles. The Balaban J connectivity index is 1.84. The third kappa shape index (κ3) is 5.26. The molecule has 2 fully saturated rings. The fraction of sp³-hybridized carbons (Fsp3) is 0.941. The minimum Gasteiger partial charge on any atom is -0.341 e. The number of carbonyl (C=O) groups is 1. The molecule has 2 aliphatic rings. The van der Waals surface area contributed by atoms with E-state index in [4.69, 9.17) is 0 Å². The molecule has 2 rings (SSSR count). The lowest BCUT2D eigenvalue weighted by atomic mass is 9.89. The molecular formula is C17H33N3O. The van der Waals surface area contributed by atoms with Crippen LogP contribution < -0.4 is 5.32 Å². The summed E-state index contributed by atoms with van der Waals surface area (Å²) in [6.45, 7) is 7.10. The molecule has 2 atom stereocenters. The van der Waals surface area contributed by atoms with Crippen molar-refractivity contribution in [2.45, 2.75) is 58.0 Å². The smallest absolute Gasteiger partial charge is 0.222 e. The van der Waals surface area contributed by atoms with Gasteiger partial charge in [0.25, 0.3) is 0 Å². The van der Waals surface area contributed by atoms with Crippen LogP contribution >= 0.6 is 0 Å². The van der Waals surface area contributed by atoms with Crippen LogP contribution in [0.4, 0.5) is 0 Å². The molecule has 2 heterocycles. The second-order valence-corrected chi connectivity index (χ2v) is 7.72. The second kappa shape index (κ2) is 7.59. The molecular weight excluding hydrogens is 262 g/mol. The van der Waals surface area contributed by atoms with E-state index < -0.39 is 0 Å². The van der Waals surface area contributed by atoms with E-state index >= 15 is 0 Å². The van der Waals surface area contributed by atoms with Crippen molar-refractivity contribution in [1.82, 2.24) is 15.1 Å². The molecule has 4 heteroatoms. The number of hydrogen-bond donors (Lipinski definition) is 1. The van der Waals surface area contributed by atoms with Gasteiger partial charge in [0.2, 0.25) is 5.91 Å². The largest absolute Gasteiger partial charge is 0.341 e. The molecule has 0 saturated carbocycles. The van der Waals surface area contributed by atoms with E-state index in [1.165, 1.54) is 25.7 Å². The number of hydrogen-bond acceptors (Lipinski definition) is 3. The van der Waals surface area contributed by atoms with Crippen LogP contribution in [0.25, 0.3) is 0 Å². The predicted octanol–water partition coefficient (Wildman–Crippen LogP) is 1.95. The Morgan fingerprint density at radius 1 is 1.14 bits per heavy atom. The van der Waals surface area contributed by atoms with Gasteiger partial charge in [0.05, 0.1) is 0 Å². The lowest BCUT2D eigenvalue weighted by Crippen LogP contribution is -2.42. The number of likely N-dealkylation sites (N-methyl/N-ethyl adjacent to an activating group) is 1. The molecule has 1 N–H and O–H groups in total. The Labute approximate surface area is 130 Å². The van der Waals surface area contributed by atoms with Gasteiger partial charge in [-0.3, -0.25) is 4.79 Å². The molecule has 2 bridgehead atoms. The lowest BCUT2D eigenvalue weighted by Gasteiger charge is -2.32. The third-order valence-electron chi connectivity index (χ3n) is 4.79. The molecule has 2 saturated heterocycles. The van der Waals surface area contributed by atoms with Gasteiger partial charge in [0.15, 0.2) is 0 Å². The Morgan fingerprint density at radius 2 is 1.76 bits per heavy atom. The summed E-state index contributed by atoms with van der Waals surface area (Å²) in [6, 6.07) is 1.36. The monoisotopic (exact) mass is 295 g/mol. The highest BCUT2D eigenvalue weighted by atomic mass is 16.2. The molecule has 0 radical (unpaired) electrons. The van der Waals surface area contributed by atoms with Gasteiger partial charge in [-0.15, -0.1) is 0 Å². The highest BCUT2D eigenvalue weighted by molar-refractivity contribution is 5.76. The van der Waals surface area contributed by atoms with Crippen LogP contribution in [0.5, 0.6) is 0 Å². The summed E-state index contributed by atoms with van der Waals surface area (Å²) in [5.74, 6) is 1.52. The molecule has 0 spiro atoms. The normalized spacial score (nSPS) is 28.4. The Bertz CT molecular complexity index is 331. The van der Waals surface area contributed by atoms with Crippen molar-refractivity contribution < 1.29 is 4.79 Å².